The van der Waals surface area contributed by atoms with Crippen molar-refractivity contribution in [2.45, 2.75) is 45.9 Å². The van der Waals surface area contributed by atoms with Crippen molar-refractivity contribution in [1.29, 1.82) is 0 Å². The van der Waals surface area contributed by atoms with Gasteiger partial charge in [0.05, 0.1) is 6.61 Å². The molecule has 0 bridgehead atoms. The van der Waals surface area contributed by atoms with Crippen LogP contribution in [0.2, 0.25) is 0 Å². The molecular formula is C16H23NO4. The van der Waals surface area contributed by atoms with Crippen LogP contribution >= 0.6 is 0 Å². The van der Waals surface area contributed by atoms with E-state index in [4.69, 9.17) is 9.47 Å². The smallest absolute Gasteiger partial charge is 0.328 e. The first kappa shape index (κ1) is 17.2. The highest BCUT2D eigenvalue weighted by atomic mass is 16.6. The van der Waals surface area contributed by atoms with Crippen molar-refractivity contribution in [3.8, 4) is 0 Å². The van der Waals surface area contributed by atoms with Crippen LogP contribution < -0.4 is 5.32 Å². The summed E-state index contributed by atoms with van der Waals surface area (Å²) in [7, 11) is 1.57. The summed E-state index contributed by atoms with van der Waals surface area (Å²) >= 11 is 0. The van der Waals surface area contributed by atoms with E-state index in [1.807, 2.05) is 12.1 Å². The lowest BCUT2D eigenvalue weighted by atomic mass is 10.1. The van der Waals surface area contributed by atoms with Crippen molar-refractivity contribution in [3.05, 3.63) is 35.4 Å². The Kier molecular flexibility index (Phi) is 5.90. The second-order valence-electron chi connectivity index (χ2n) is 5.82. The average molecular weight is 293 g/mol. The van der Waals surface area contributed by atoms with Crippen LogP contribution in [-0.4, -0.2) is 30.6 Å². The Labute approximate surface area is 125 Å². The molecule has 1 amide bonds. The largest absolute Gasteiger partial charge is 0.458 e. The van der Waals surface area contributed by atoms with Crippen LogP contribution in [-0.2, 0) is 20.9 Å². The minimum Gasteiger partial charge on any atom is -0.458 e. The Bertz CT molecular complexity index is 505. The van der Waals surface area contributed by atoms with Gasteiger partial charge < -0.3 is 14.8 Å². The fourth-order valence-electron chi connectivity index (χ4n) is 1.75. The fourth-order valence-corrected chi connectivity index (χ4v) is 1.75. The molecular weight excluding hydrogens is 270 g/mol. The lowest BCUT2D eigenvalue weighted by Gasteiger charge is -2.23. The molecule has 116 valence electrons. The summed E-state index contributed by atoms with van der Waals surface area (Å²) in [6.45, 7) is 7.29. The summed E-state index contributed by atoms with van der Waals surface area (Å²) in [5.41, 5.74) is 0.688. The van der Waals surface area contributed by atoms with Gasteiger partial charge in [-0.25, -0.2) is 4.79 Å². The SMILES string of the molecule is COCc1ccccc1C(=O)N[C@H](C)C(=O)OC(C)(C)C. The topological polar surface area (TPSA) is 64.6 Å². The Morgan fingerprint density at radius 1 is 1.24 bits per heavy atom. The van der Waals surface area contributed by atoms with Crippen LogP contribution in [0.5, 0.6) is 0 Å². The molecule has 0 aliphatic rings. The van der Waals surface area contributed by atoms with Gasteiger partial charge >= 0.3 is 5.97 Å². The lowest BCUT2D eigenvalue weighted by Crippen LogP contribution is -2.42. The van der Waals surface area contributed by atoms with Crippen molar-refractivity contribution in [2.75, 3.05) is 7.11 Å². The predicted octanol–water partition coefficient (Wildman–Crippen LogP) is 2.29. The normalized spacial score (nSPS) is 12.6. The molecule has 1 rings (SSSR count). The Morgan fingerprint density at radius 2 is 1.86 bits per heavy atom. The van der Waals surface area contributed by atoms with E-state index in [2.05, 4.69) is 5.32 Å². The number of amides is 1. The zero-order chi connectivity index (χ0) is 16.0. The summed E-state index contributed by atoms with van der Waals surface area (Å²) in [5.74, 6) is -0.777. The number of carbonyl (C=O) groups excluding carboxylic acids is 2. The molecule has 0 heterocycles. The number of methoxy groups -OCH3 is 1. The zero-order valence-corrected chi connectivity index (χ0v) is 13.2. The summed E-state index contributed by atoms with van der Waals surface area (Å²) in [4.78, 5) is 24.1. The Hall–Kier alpha value is -1.88. The van der Waals surface area contributed by atoms with Crippen LogP contribution in [0, 0.1) is 0 Å². The van der Waals surface area contributed by atoms with Gasteiger partial charge in [-0.1, -0.05) is 18.2 Å². The van der Waals surface area contributed by atoms with E-state index in [1.54, 1.807) is 46.9 Å². The first-order chi connectivity index (χ1) is 9.74. The Morgan fingerprint density at radius 3 is 2.43 bits per heavy atom. The van der Waals surface area contributed by atoms with Crippen LogP contribution in [0.15, 0.2) is 24.3 Å². The van der Waals surface area contributed by atoms with Crippen LogP contribution in [0.25, 0.3) is 0 Å². The maximum Gasteiger partial charge on any atom is 0.328 e. The second-order valence-corrected chi connectivity index (χ2v) is 5.82. The predicted molar refractivity (Wildman–Crippen MR) is 79.9 cm³/mol. The molecule has 0 saturated heterocycles. The number of ether oxygens (including phenoxy) is 2. The van der Waals surface area contributed by atoms with Gasteiger partial charge in [-0.3, -0.25) is 4.79 Å². The molecule has 0 saturated carbocycles. The van der Waals surface area contributed by atoms with Crippen LogP contribution in [0.1, 0.15) is 43.6 Å². The minimum absolute atomic E-state index is 0.319. The van der Waals surface area contributed by atoms with Crippen molar-refractivity contribution in [1.82, 2.24) is 5.32 Å². The third kappa shape index (κ3) is 5.55. The van der Waals surface area contributed by atoms with Crippen molar-refractivity contribution in [2.24, 2.45) is 0 Å². The fraction of sp³-hybridized carbons (Fsp3) is 0.500. The number of esters is 1. The molecule has 5 heteroatoms. The summed E-state index contributed by atoms with van der Waals surface area (Å²) in [6, 6.07) is 6.41. The van der Waals surface area contributed by atoms with Gasteiger partial charge in [-0.05, 0) is 39.3 Å². The van der Waals surface area contributed by atoms with E-state index in [-0.39, 0.29) is 5.91 Å². The third-order valence-electron chi connectivity index (χ3n) is 2.67. The van der Waals surface area contributed by atoms with E-state index in [0.29, 0.717) is 12.2 Å². The molecule has 0 aliphatic heterocycles. The number of hydrogen-bond acceptors (Lipinski definition) is 4. The highest BCUT2D eigenvalue weighted by molar-refractivity contribution is 5.97. The van der Waals surface area contributed by atoms with Gasteiger partial charge in [-0.2, -0.15) is 0 Å². The van der Waals surface area contributed by atoms with Crippen molar-refractivity contribution in [3.63, 3.8) is 0 Å². The summed E-state index contributed by atoms with van der Waals surface area (Å²) in [6.07, 6.45) is 0. The molecule has 0 fully saturated rings. The number of carbonyl (C=O) groups is 2. The van der Waals surface area contributed by atoms with Gasteiger partial charge in [0.15, 0.2) is 0 Å². The maximum atomic E-state index is 12.2. The highest BCUT2D eigenvalue weighted by Crippen LogP contribution is 2.11. The first-order valence-electron chi connectivity index (χ1n) is 6.85. The number of rotatable bonds is 5. The third-order valence-corrected chi connectivity index (χ3v) is 2.67. The van der Waals surface area contributed by atoms with Crippen LogP contribution in [0.4, 0.5) is 0 Å². The molecule has 0 unspecified atom stereocenters. The van der Waals surface area contributed by atoms with Gasteiger partial charge in [0.25, 0.3) is 5.91 Å². The molecule has 1 aromatic rings. The highest BCUT2D eigenvalue weighted by Gasteiger charge is 2.23. The standard InChI is InChI=1S/C16H23NO4/c1-11(15(19)21-16(2,3)4)17-14(18)13-9-7-6-8-12(13)10-20-5/h6-9,11H,10H2,1-5H3,(H,17,18)/t11-/m1/s1. The number of hydrogen-bond donors (Lipinski definition) is 1. The molecule has 0 aromatic heterocycles. The van der Waals surface area contributed by atoms with Crippen molar-refractivity contribution >= 4 is 11.9 Å². The molecule has 1 aromatic carbocycles. The van der Waals surface area contributed by atoms with Gasteiger partial charge in [-0.15, -0.1) is 0 Å². The van der Waals surface area contributed by atoms with Gasteiger partial charge in [0, 0.05) is 12.7 Å². The first-order valence-corrected chi connectivity index (χ1v) is 6.85. The number of nitrogens with one attached hydrogen (secondary N) is 1. The van der Waals surface area contributed by atoms with E-state index < -0.39 is 17.6 Å². The molecule has 1 atom stereocenters. The molecule has 21 heavy (non-hydrogen) atoms. The maximum absolute atomic E-state index is 12.2. The van der Waals surface area contributed by atoms with E-state index >= 15 is 0 Å². The van der Waals surface area contributed by atoms with E-state index in [0.717, 1.165) is 5.56 Å². The van der Waals surface area contributed by atoms with E-state index in [1.165, 1.54) is 0 Å². The quantitative estimate of drug-likeness (QED) is 0.846. The molecule has 0 spiro atoms. The Balaban J connectivity index is 2.75. The molecule has 0 aliphatic carbocycles. The van der Waals surface area contributed by atoms with Gasteiger partial charge in [0.2, 0.25) is 0 Å². The summed E-state index contributed by atoms with van der Waals surface area (Å²) in [5, 5.41) is 2.65. The van der Waals surface area contributed by atoms with Crippen LogP contribution in [0.3, 0.4) is 0 Å². The summed E-state index contributed by atoms with van der Waals surface area (Å²) < 4.78 is 10.3. The average Bonchev–Trinajstić information content (AvgIpc) is 2.37. The zero-order valence-electron chi connectivity index (χ0n) is 13.2. The minimum atomic E-state index is -0.715. The second kappa shape index (κ2) is 7.22. The van der Waals surface area contributed by atoms with Crippen molar-refractivity contribution < 1.29 is 19.1 Å². The van der Waals surface area contributed by atoms with Gasteiger partial charge in [0.1, 0.15) is 11.6 Å². The molecule has 1 N–H and O–H groups in total. The monoisotopic (exact) mass is 293 g/mol. The lowest BCUT2D eigenvalue weighted by molar-refractivity contribution is -0.156. The molecule has 0 radical (unpaired) electrons. The number of benzene rings is 1. The molecule has 5 nitrogen and oxygen atoms in total. The van der Waals surface area contributed by atoms with E-state index in [9.17, 15) is 9.59 Å².